The van der Waals surface area contributed by atoms with E-state index < -0.39 is 5.97 Å². The van der Waals surface area contributed by atoms with Gasteiger partial charge in [0, 0.05) is 23.7 Å². The minimum atomic E-state index is -0.515. The second-order valence-corrected chi connectivity index (χ2v) is 6.72. The van der Waals surface area contributed by atoms with Crippen LogP contribution in [-0.2, 0) is 20.9 Å². The largest absolute Gasteiger partial charge is 0.493 e. The molecule has 1 aliphatic heterocycles. The van der Waals surface area contributed by atoms with Crippen molar-refractivity contribution < 1.29 is 28.5 Å². The molecule has 1 saturated heterocycles. The van der Waals surface area contributed by atoms with Gasteiger partial charge < -0.3 is 23.8 Å². The summed E-state index contributed by atoms with van der Waals surface area (Å²) in [4.78, 5) is 26.3. The van der Waals surface area contributed by atoms with E-state index in [2.05, 4.69) is 0 Å². The van der Waals surface area contributed by atoms with Crippen LogP contribution in [0.2, 0.25) is 5.02 Å². The van der Waals surface area contributed by atoms with Crippen molar-refractivity contribution >= 4 is 23.5 Å². The molecule has 1 heterocycles. The molecule has 0 spiro atoms. The molecule has 3 rings (SSSR count). The molecule has 0 N–H and O–H groups in total. The Hall–Kier alpha value is -2.77. The van der Waals surface area contributed by atoms with Crippen LogP contribution in [0.3, 0.4) is 0 Å². The fraction of sp³-hybridized carbons (Fsp3) is 0.333. The van der Waals surface area contributed by atoms with Gasteiger partial charge in [0.1, 0.15) is 6.61 Å². The van der Waals surface area contributed by atoms with Gasteiger partial charge in [0.2, 0.25) is 0 Å². The number of nitrogens with zero attached hydrogens (tertiary/aromatic N) is 1. The van der Waals surface area contributed by atoms with Crippen molar-refractivity contribution in [2.24, 2.45) is 0 Å². The Bertz CT molecular complexity index is 866. The smallest absolute Gasteiger partial charge is 0.338 e. The number of rotatable bonds is 7. The van der Waals surface area contributed by atoms with Crippen LogP contribution < -0.4 is 9.47 Å². The number of carbonyl (C=O) groups is 2. The molecule has 2 aromatic rings. The highest BCUT2D eigenvalue weighted by molar-refractivity contribution is 6.31. The van der Waals surface area contributed by atoms with Crippen molar-refractivity contribution in [3.8, 4) is 11.5 Å². The summed E-state index contributed by atoms with van der Waals surface area (Å²) in [6, 6.07) is 11.8. The van der Waals surface area contributed by atoms with E-state index in [-0.39, 0.29) is 19.1 Å². The highest BCUT2D eigenvalue weighted by atomic mass is 35.5. The van der Waals surface area contributed by atoms with Crippen LogP contribution in [0.5, 0.6) is 11.5 Å². The third-order valence-corrected chi connectivity index (χ3v) is 4.80. The molecule has 154 valence electrons. The van der Waals surface area contributed by atoms with Crippen molar-refractivity contribution in [1.82, 2.24) is 4.90 Å². The molecule has 0 bridgehead atoms. The lowest BCUT2D eigenvalue weighted by molar-refractivity contribution is -0.137. The zero-order valence-electron chi connectivity index (χ0n) is 16.1. The summed E-state index contributed by atoms with van der Waals surface area (Å²) in [6.07, 6.45) is 0. The van der Waals surface area contributed by atoms with Crippen molar-refractivity contribution in [3.05, 3.63) is 58.6 Å². The first kappa shape index (κ1) is 21.0. The van der Waals surface area contributed by atoms with Gasteiger partial charge in [-0.3, -0.25) is 4.79 Å². The number of amides is 1. The molecule has 0 atom stereocenters. The fourth-order valence-electron chi connectivity index (χ4n) is 2.80. The number of halogens is 1. The van der Waals surface area contributed by atoms with Crippen LogP contribution in [0.1, 0.15) is 15.9 Å². The molecule has 0 radical (unpaired) electrons. The van der Waals surface area contributed by atoms with Crippen LogP contribution >= 0.6 is 11.6 Å². The first-order valence-corrected chi connectivity index (χ1v) is 9.53. The van der Waals surface area contributed by atoms with Gasteiger partial charge in [-0.05, 0) is 24.3 Å². The molecule has 1 aliphatic rings. The Morgan fingerprint density at radius 3 is 2.59 bits per heavy atom. The summed E-state index contributed by atoms with van der Waals surface area (Å²) in [6.45, 7) is 2.10. The fourth-order valence-corrected chi connectivity index (χ4v) is 2.99. The van der Waals surface area contributed by atoms with Crippen molar-refractivity contribution in [2.75, 3.05) is 40.0 Å². The maximum atomic E-state index is 12.3. The number of carbonyl (C=O) groups excluding carboxylic acids is 2. The predicted octanol–water partition coefficient (Wildman–Crippen LogP) is 2.94. The van der Waals surface area contributed by atoms with Crippen molar-refractivity contribution in [3.63, 3.8) is 0 Å². The van der Waals surface area contributed by atoms with Crippen molar-refractivity contribution in [2.45, 2.75) is 6.61 Å². The summed E-state index contributed by atoms with van der Waals surface area (Å²) < 4.78 is 21.4. The van der Waals surface area contributed by atoms with E-state index in [1.807, 2.05) is 6.07 Å². The van der Waals surface area contributed by atoms with E-state index in [0.29, 0.717) is 48.4 Å². The van der Waals surface area contributed by atoms with Crippen LogP contribution in [-0.4, -0.2) is 56.8 Å². The van der Waals surface area contributed by atoms with E-state index in [4.69, 9.17) is 30.5 Å². The zero-order chi connectivity index (χ0) is 20.6. The Labute approximate surface area is 174 Å². The average Bonchev–Trinajstić information content (AvgIpc) is 2.77. The molecule has 8 heteroatoms. The molecule has 1 amide bonds. The normalized spacial score (nSPS) is 13.7. The Balaban J connectivity index is 1.59. The first-order chi connectivity index (χ1) is 14.1. The van der Waals surface area contributed by atoms with E-state index >= 15 is 0 Å². The van der Waals surface area contributed by atoms with Crippen LogP contribution in [0, 0.1) is 0 Å². The summed E-state index contributed by atoms with van der Waals surface area (Å²) in [5.41, 5.74) is 1.02. The van der Waals surface area contributed by atoms with E-state index in [0.717, 1.165) is 5.56 Å². The van der Waals surface area contributed by atoms with Gasteiger partial charge >= 0.3 is 5.97 Å². The molecule has 2 aromatic carbocycles. The number of esters is 1. The number of ether oxygens (including phenoxy) is 4. The molecule has 29 heavy (non-hydrogen) atoms. The van der Waals surface area contributed by atoms with Gasteiger partial charge in [-0.2, -0.15) is 0 Å². The monoisotopic (exact) mass is 419 g/mol. The Kier molecular flexibility index (Phi) is 7.32. The lowest BCUT2D eigenvalue weighted by atomic mass is 10.2. The highest BCUT2D eigenvalue weighted by Crippen LogP contribution is 2.28. The van der Waals surface area contributed by atoms with Crippen LogP contribution in [0.4, 0.5) is 0 Å². The van der Waals surface area contributed by atoms with E-state index in [9.17, 15) is 9.59 Å². The molecule has 0 unspecified atom stereocenters. The third kappa shape index (κ3) is 5.62. The molecule has 7 nitrogen and oxygen atoms in total. The quantitative estimate of drug-likeness (QED) is 0.642. The highest BCUT2D eigenvalue weighted by Gasteiger charge is 2.19. The number of methoxy groups -OCH3 is 1. The molecular weight excluding hydrogens is 398 g/mol. The summed E-state index contributed by atoms with van der Waals surface area (Å²) >= 11 is 6.07. The number of hydrogen-bond acceptors (Lipinski definition) is 6. The van der Waals surface area contributed by atoms with Gasteiger partial charge in [0.15, 0.2) is 18.1 Å². The number of benzene rings is 2. The lowest BCUT2D eigenvalue weighted by Gasteiger charge is -2.26. The topological polar surface area (TPSA) is 74.3 Å². The predicted molar refractivity (Wildman–Crippen MR) is 106 cm³/mol. The standard InChI is InChI=1S/C21H22ClNO6/c1-26-19-12-15(21(25)29-13-16-4-2-3-5-17(16)22)6-7-18(19)28-14-20(24)23-8-10-27-11-9-23/h2-7,12H,8-11,13-14H2,1H3. The van der Waals surface area contributed by atoms with Crippen LogP contribution in [0.15, 0.2) is 42.5 Å². The van der Waals surface area contributed by atoms with Gasteiger partial charge in [0.25, 0.3) is 5.91 Å². The number of hydrogen-bond donors (Lipinski definition) is 0. The summed E-state index contributed by atoms with van der Waals surface area (Å²) in [5.74, 6) is 0.0708. The molecule has 0 saturated carbocycles. The zero-order valence-corrected chi connectivity index (χ0v) is 16.8. The Morgan fingerprint density at radius 1 is 1.10 bits per heavy atom. The Morgan fingerprint density at radius 2 is 1.86 bits per heavy atom. The van der Waals surface area contributed by atoms with E-state index in [1.54, 1.807) is 35.2 Å². The minimum absolute atomic E-state index is 0.0626. The maximum Gasteiger partial charge on any atom is 0.338 e. The SMILES string of the molecule is COc1cc(C(=O)OCc2ccccc2Cl)ccc1OCC(=O)N1CCOCC1. The molecule has 1 fully saturated rings. The first-order valence-electron chi connectivity index (χ1n) is 9.15. The minimum Gasteiger partial charge on any atom is -0.493 e. The van der Waals surface area contributed by atoms with Crippen LogP contribution in [0.25, 0.3) is 0 Å². The molecule has 0 aromatic heterocycles. The number of morpholine rings is 1. The maximum absolute atomic E-state index is 12.3. The lowest BCUT2D eigenvalue weighted by Crippen LogP contribution is -2.43. The van der Waals surface area contributed by atoms with Gasteiger partial charge in [-0.25, -0.2) is 4.79 Å². The van der Waals surface area contributed by atoms with Gasteiger partial charge in [-0.1, -0.05) is 29.8 Å². The van der Waals surface area contributed by atoms with Gasteiger partial charge in [0.05, 0.1) is 25.9 Å². The second kappa shape index (κ2) is 10.1. The molecular formula is C21H22ClNO6. The molecule has 0 aliphatic carbocycles. The average molecular weight is 420 g/mol. The van der Waals surface area contributed by atoms with E-state index in [1.165, 1.54) is 13.2 Å². The summed E-state index contributed by atoms with van der Waals surface area (Å²) in [5, 5.41) is 0.534. The van der Waals surface area contributed by atoms with Crippen molar-refractivity contribution in [1.29, 1.82) is 0 Å². The van der Waals surface area contributed by atoms with Gasteiger partial charge in [-0.15, -0.1) is 0 Å². The second-order valence-electron chi connectivity index (χ2n) is 6.32. The summed E-state index contributed by atoms with van der Waals surface area (Å²) in [7, 11) is 1.46. The third-order valence-electron chi connectivity index (χ3n) is 4.43.